The van der Waals surface area contributed by atoms with Gasteiger partial charge in [-0.05, 0) is 72.8 Å². The number of rotatable bonds is 3. The van der Waals surface area contributed by atoms with E-state index in [0.29, 0.717) is 11.1 Å². The van der Waals surface area contributed by atoms with Gasteiger partial charge in [0.2, 0.25) is 0 Å². The van der Waals surface area contributed by atoms with Gasteiger partial charge < -0.3 is 13.7 Å². The van der Waals surface area contributed by atoms with Gasteiger partial charge in [-0.3, -0.25) is 0 Å². The molecule has 0 aliphatic carbocycles. The van der Waals surface area contributed by atoms with E-state index in [-0.39, 0.29) is 0 Å². The van der Waals surface area contributed by atoms with Crippen molar-refractivity contribution in [2.75, 3.05) is 0 Å². The topological polar surface area (TPSA) is 62.4 Å². The average molecular weight is 624 g/mol. The molecule has 49 heavy (non-hydrogen) atoms. The molecule has 0 N–H and O–H groups in total. The van der Waals surface area contributed by atoms with Gasteiger partial charge in [0.05, 0.1) is 56.4 Å². The van der Waals surface area contributed by atoms with E-state index in [1.54, 1.807) is 0 Å². The summed E-state index contributed by atoms with van der Waals surface area (Å²) < 4.78 is 7.00. The highest BCUT2D eigenvalue weighted by Gasteiger charge is 2.24. The number of para-hydroxylation sites is 3. The van der Waals surface area contributed by atoms with Crippen LogP contribution in [-0.4, -0.2) is 13.7 Å². The third-order valence-corrected chi connectivity index (χ3v) is 9.84. The summed E-state index contributed by atoms with van der Waals surface area (Å²) in [6.07, 6.45) is 0. The van der Waals surface area contributed by atoms with Crippen LogP contribution in [0.5, 0.6) is 0 Å². The highest BCUT2D eigenvalue weighted by Crippen LogP contribution is 2.46. The number of aromatic nitrogens is 3. The van der Waals surface area contributed by atoms with E-state index >= 15 is 0 Å². The minimum absolute atomic E-state index is 0.627. The summed E-state index contributed by atoms with van der Waals surface area (Å²) in [4.78, 5) is 0. The Kier molecular flexibility index (Phi) is 5.64. The Bertz CT molecular complexity index is 2880. The van der Waals surface area contributed by atoms with E-state index in [9.17, 15) is 10.5 Å². The van der Waals surface area contributed by atoms with Crippen molar-refractivity contribution in [3.8, 4) is 29.2 Å². The van der Waals surface area contributed by atoms with Crippen molar-refractivity contribution in [3.63, 3.8) is 0 Å². The van der Waals surface area contributed by atoms with Gasteiger partial charge in [-0.25, -0.2) is 0 Å². The molecule has 0 amide bonds. The van der Waals surface area contributed by atoms with Gasteiger partial charge >= 0.3 is 0 Å². The largest absolute Gasteiger partial charge is 0.309 e. The van der Waals surface area contributed by atoms with Gasteiger partial charge in [0.25, 0.3) is 0 Å². The molecule has 10 aromatic rings. The Hall–Kier alpha value is -7.08. The second-order valence-electron chi connectivity index (χ2n) is 12.4. The van der Waals surface area contributed by atoms with E-state index in [2.05, 4.69) is 141 Å². The zero-order valence-electron chi connectivity index (χ0n) is 26.2. The molecule has 3 heterocycles. The molecule has 0 radical (unpaired) electrons. The third kappa shape index (κ3) is 3.73. The average Bonchev–Trinajstić information content (AvgIpc) is 3.80. The van der Waals surface area contributed by atoms with Crippen molar-refractivity contribution in [2.45, 2.75) is 0 Å². The molecule has 0 fully saturated rings. The smallest absolute Gasteiger partial charge is 0.0992 e. The van der Waals surface area contributed by atoms with Crippen molar-refractivity contribution in [1.29, 1.82) is 10.5 Å². The van der Waals surface area contributed by atoms with E-state index in [0.717, 1.165) is 71.7 Å². The lowest BCUT2D eigenvalue weighted by Gasteiger charge is -2.11. The Morgan fingerprint density at radius 1 is 0.347 bits per heavy atom. The zero-order chi connectivity index (χ0) is 32.6. The Morgan fingerprint density at radius 3 is 1.29 bits per heavy atom. The third-order valence-electron chi connectivity index (χ3n) is 9.84. The lowest BCUT2D eigenvalue weighted by molar-refractivity contribution is 1.17. The maximum absolute atomic E-state index is 9.75. The summed E-state index contributed by atoms with van der Waals surface area (Å²) in [5, 5.41) is 26.5. The highest BCUT2D eigenvalue weighted by molar-refractivity contribution is 6.31. The quantitative estimate of drug-likeness (QED) is 0.197. The molecule has 0 bridgehead atoms. The lowest BCUT2D eigenvalue weighted by atomic mass is 10.1. The molecular weight excluding hydrogens is 599 g/mol. The van der Waals surface area contributed by atoms with Crippen LogP contribution >= 0.6 is 0 Å². The van der Waals surface area contributed by atoms with Crippen molar-refractivity contribution in [2.24, 2.45) is 0 Å². The molecule has 5 heteroatoms. The maximum Gasteiger partial charge on any atom is 0.0992 e. The Morgan fingerprint density at radius 2 is 0.796 bits per heavy atom. The van der Waals surface area contributed by atoms with Crippen LogP contribution < -0.4 is 0 Å². The Balaban J connectivity index is 1.45. The van der Waals surface area contributed by atoms with Crippen LogP contribution in [0.3, 0.4) is 0 Å². The molecule has 0 saturated carbocycles. The molecule has 0 saturated heterocycles. The van der Waals surface area contributed by atoms with Crippen LogP contribution in [0.2, 0.25) is 0 Å². The first-order valence-corrected chi connectivity index (χ1v) is 16.2. The van der Waals surface area contributed by atoms with Gasteiger partial charge in [-0.15, -0.1) is 0 Å². The van der Waals surface area contributed by atoms with Gasteiger partial charge in [0, 0.05) is 49.4 Å². The summed E-state index contributed by atoms with van der Waals surface area (Å²) in [5.41, 5.74) is 10.9. The molecule has 7 aromatic carbocycles. The minimum Gasteiger partial charge on any atom is -0.309 e. The molecule has 3 aromatic heterocycles. The van der Waals surface area contributed by atoms with Gasteiger partial charge in [0.1, 0.15) is 0 Å². The summed E-state index contributed by atoms with van der Waals surface area (Å²) in [5.74, 6) is 0. The standard InChI is InChI=1S/C44H25N5/c45-26-28-10-8-14-31(24-28)47-37-18-6-4-16-35(37)41-39(47)22-20-33-34-21-23-40-42(44(34)49(43(33)41)30-12-2-1-3-13-30)36-17-5-7-19-38(36)48(40)32-15-9-11-29(25-32)27-46/h1-25H. The fraction of sp³-hybridized carbons (Fsp3) is 0. The summed E-state index contributed by atoms with van der Waals surface area (Å²) in [7, 11) is 0. The first kappa shape index (κ1) is 27.1. The summed E-state index contributed by atoms with van der Waals surface area (Å²) in [6, 6.07) is 57.0. The number of fused-ring (bicyclic) bond motifs is 11. The van der Waals surface area contributed by atoms with E-state index in [4.69, 9.17) is 0 Å². The first-order chi connectivity index (χ1) is 24.2. The fourth-order valence-corrected chi connectivity index (χ4v) is 7.92. The number of nitriles is 2. The predicted octanol–water partition coefficient (Wildman–Crippen LogP) is 10.7. The molecule has 0 unspecified atom stereocenters. The molecular formula is C44H25N5. The van der Waals surface area contributed by atoms with Crippen LogP contribution in [0.1, 0.15) is 11.1 Å². The van der Waals surface area contributed by atoms with Gasteiger partial charge in [-0.1, -0.05) is 78.9 Å². The Labute approximate surface area is 280 Å². The van der Waals surface area contributed by atoms with Crippen molar-refractivity contribution >= 4 is 65.4 Å². The van der Waals surface area contributed by atoms with Gasteiger partial charge in [-0.2, -0.15) is 10.5 Å². The van der Waals surface area contributed by atoms with Crippen LogP contribution in [0.25, 0.3) is 82.5 Å². The molecule has 0 spiro atoms. The number of nitrogens with zero attached hydrogens (tertiary/aromatic N) is 5. The maximum atomic E-state index is 9.75. The predicted molar refractivity (Wildman–Crippen MR) is 199 cm³/mol. The number of benzene rings is 7. The molecule has 0 aliphatic rings. The summed E-state index contributed by atoms with van der Waals surface area (Å²) in [6.45, 7) is 0. The molecule has 226 valence electrons. The van der Waals surface area contributed by atoms with Crippen molar-refractivity contribution in [1.82, 2.24) is 13.7 Å². The number of hydrogen-bond acceptors (Lipinski definition) is 2. The minimum atomic E-state index is 0.627. The van der Waals surface area contributed by atoms with Crippen LogP contribution in [0.15, 0.2) is 152 Å². The lowest BCUT2D eigenvalue weighted by Crippen LogP contribution is -1.96. The molecule has 5 nitrogen and oxygen atoms in total. The SMILES string of the molecule is N#Cc1cccc(-n2c3ccccc3c3c2ccc2c4ccc5c(c6ccccc6n5-c5cccc(C#N)c5)c4n(-c4ccccc4)c23)c1. The van der Waals surface area contributed by atoms with Crippen molar-refractivity contribution < 1.29 is 0 Å². The second-order valence-corrected chi connectivity index (χ2v) is 12.4. The zero-order valence-corrected chi connectivity index (χ0v) is 26.2. The molecule has 0 atom stereocenters. The normalized spacial score (nSPS) is 11.6. The first-order valence-electron chi connectivity index (χ1n) is 16.2. The highest BCUT2D eigenvalue weighted by atomic mass is 15.0. The van der Waals surface area contributed by atoms with Crippen LogP contribution in [-0.2, 0) is 0 Å². The van der Waals surface area contributed by atoms with E-state index in [1.807, 2.05) is 36.4 Å². The summed E-state index contributed by atoms with van der Waals surface area (Å²) >= 11 is 0. The van der Waals surface area contributed by atoms with Crippen molar-refractivity contribution in [3.05, 3.63) is 163 Å². The molecule has 10 rings (SSSR count). The van der Waals surface area contributed by atoms with Crippen LogP contribution in [0, 0.1) is 22.7 Å². The van der Waals surface area contributed by atoms with Gasteiger partial charge in [0.15, 0.2) is 0 Å². The van der Waals surface area contributed by atoms with E-state index < -0.39 is 0 Å². The fourth-order valence-electron chi connectivity index (χ4n) is 7.92. The monoisotopic (exact) mass is 623 g/mol. The number of hydrogen-bond donors (Lipinski definition) is 0. The second kappa shape index (κ2) is 10.2. The van der Waals surface area contributed by atoms with E-state index in [1.165, 1.54) is 10.8 Å². The van der Waals surface area contributed by atoms with Crippen LogP contribution in [0.4, 0.5) is 0 Å². The molecule has 0 aliphatic heterocycles.